The van der Waals surface area contributed by atoms with Crippen LogP contribution in [0.4, 0.5) is 0 Å². The Balaban J connectivity index is 2.40. The van der Waals surface area contributed by atoms with Gasteiger partial charge in [-0.25, -0.2) is 0 Å². The number of aromatic amines is 1. The minimum atomic E-state index is -1.05. The van der Waals surface area contributed by atoms with Crippen LogP contribution in [0.2, 0.25) is 0 Å². The van der Waals surface area contributed by atoms with Crippen molar-refractivity contribution < 1.29 is 14.7 Å². The van der Waals surface area contributed by atoms with Gasteiger partial charge in [0.1, 0.15) is 0 Å². The van der Waals surface area contributed by atoms with Crippen molar-refractivity contribution in [3.8, 4) is 0 Å². The Kier molecular flexibility index (Phi) is 3.18. The zero-order valence-electron chi connectivity index (χ0n) is 11.3. The number of benzene rings is 1. The molecule has 4 nitrogen and oxygen atoms in total. The van der Waals surface area contributed by atoms with E-state index >= 15 is 0 Å². The number of hydrogen-bond acceptors (Lipinski definition) is 2. The van der Waals surface area contributed by atoms with Crippen molar-refractivity contribution >= 4 is 22.7 Å². The molecule has 0 amide bonds. The number of hydrogen-bond donors (Lipinski definition) is 2. The van der Waals surface area contributed by atoms with Crippen LogP contribution in [0.25, 0.3) is 10.9 Å². The molecule has 0 spiro atoms. The van der Waals surface area contributed by atoms with E-state index in [2.05, 4.69) is 4.98 Å². The third-order valence-corrected chi connectivity index (χ3v) is 3.40. The minimum absolute atomic E-state index is 0.0103. The van der Waals surface area contributed by atoms with Gasteiger partial charge in [-0.3, -0.25) is 9.59 Å². The van der Waals surface area contributed by atoms with E-state index in [0.29, 0.717) is 5.56 Å². The first kappa shape index (κ1) is 13.3. The van der Waals surface area contributed by atoms with E-state index in [1.165, 1.54) is 0 Å². The molecule has 2 N–H and O–H groups in total. The van der Waals surface area contributed by atoms with Crippen molar-refractivity contribution in [3.63, 3.8) is 0 Å². The molecule has 2 rings (SSSR count). The largest absolute Gasteiger partial charge is 0.481 e. The number of rotatable bonds is 4. The zero-order chi connectivity index (χ0) is 14.2. The molecule has 0 aliphatic rings. The first-order chi connectivity index (χ1) is 8.83. The number of ketones is 1. The summed E-state index contributed by atoms with van der Waals surface area (Å²) in [6.45, 7) is 5.07. The summed E-state index contributed by atoms with van der Waals surface area (Å²) in [5.74, 6) is -1.11. The summed E-state index contributed by atoms with van der Waals surface area (Å²) in [5.41, 5.74) is 1.43. The second-order valence-corrected chi connectivity index (χ2v) is 5.49. The molecule has 0 aliphatic heterocycles. The summed E-state index contributed by atoms with van der Waals surface area (Å²) in [6.07, 6.45) is 1.65. The zero-order valence-corrected chi connectivity index (χ0v) is 11.3. The number of carboxylic acid groups (broad SMARTS) is 1. The lowest BCUT2D eigenvalue weighted by atomic mass is 9.85. The van der Waals surface area contributed by atoms with Gasteiger partial charge in [-0.2, -0.15) is 0 Å². The summed E-state index contributed by atoms with van der Waals surface area (Å²) in [4.78, 5) is 26.5. The molecule has 0 unspecified atom stereocenters. The Morgan fingerprint density at radius 2 is 2.00 bits per heavy atom. The van der Waals surface area contributed by atoms with Gasteiger partial charge >= 0.3 is 5.97 Å². The second-order valence-electron chi connectivity index (χ2n) is 5.49. The van der Waals surface area contributed by atoms with E-state index in [4.69, 9.17) is 5.11 Å². The third kappa shape index (κ3) is 2.38. The molecule has 4 heteroatoms. The van der Waals surface area contributed by atoms with Crippen LogP contribution in [0, 0.1) is 12.3 Å². The van der Waals surface area contributed by atoms with E-state index in [9.17, 15) is 9.59 Å². The second kappa shape index (κ2) is 4.53. The number of nitrogens with one attached hydrogen (secondary N) is 1. The third-order valence-electron chi connectivity index (χ3n) is 3.40. The van der Waals surface area contributed by atoms with Crippen molar-refractivity contribution in [3.05, 3.63) is 35.5 Å². The molecular formula is C15H17NO3. The lowest BCUT2D eigenvalue weighted by molar-refractivity contribution is -0.146. The van der Waals surface area contributed by atoms with Crippen molar-refractivity contribution in [2.45, 2.75) is 27.2 Å². The molecule has 2 aromatic rings. The van der Waals surface area contributed by atoms with E-state index in [-0.39, 0.29) is 12.2 Å². The maximum Gasteiger partial charge on any atom is 0.309 e. The smallest absolute Gasteiger partial charge is 0.309 e. The van der Waals surface area contributed by atoms with Gasteiger partial charge in [0.25, 0.3) is 0 Å². The van der Waals surface area contributed by atoms with Crippen LogP contribution in [0.3, 0.4) is 0 Å². The number of carbonyl (C=O) groups is 2. The Morgan fingerprint density at radius 3 is 2.63 bits per heavy atom. The number of Topliss-reactive ketones (excluding diaryl/α,β-unsaturated/α-hetero) is 1. The quantitative estimate of drug-likeness (QED) is 0.828. The van der Waals surface area contributed by atoms with Crippen LogP contribution in [0.5, 0.6) is 0 Å². The Morgan fingerprint density at radius 1 is 1.32 bits per heavy atom. The molecule has 19 heavy (non-hydrogen) atoms. The molecule has 1 aromatic heterocycles. The molecule has 0 saturated carbocycles. The van der Waals surface area contributed by atoms with Gasteiger partial charge in [-0.1, -0.05) is 12.1 Å². The molecule has 1 heterocycles. The first-order valence-corrected chi connectivity index (χ1v) is 6.16. The molecule has 0 saturated heterocycles. The van der Waals surface area contributed by atoms with E-state index in [1.807, 2.05) is 25.1 Å². The molecule has 0 fully saturated rings. The highest BCUT2D eigenvalue weighted by molar-refractivity contribution is 6.09. The standard InChI is InChI=1S/C15H17NO3/c1-9-5-4-6-11-13(9)10(8-16-11)12(17)7-15(2,3)14(18)19/h4-6,8,16H,7H2,1-3H3,(H,18,19). The fraction of sp³-hybridized carbons (Fsp3) is 0.333. The van der Waals surface area contributed by atoms with Crippen molar-refractivity contribution in [2.24, 2.45) is 5.41 Å². The average molecular weight is 259 g/mol. The lowest BCUT2D eigenvalue weighted by Gasteiger charge is -2.17. The van der Waals surface area contributed by atoms with Gasteiger partial charge < -0.3 is 10.1 Å². The van der Waals surface area contributed by atoms with Gasteiger partial charge in [0.15, 0.2) is 5.78 Å². The summed E-state index contributed by atoms with van der Waals surface area (Å²) < 4.78 is 0. The van der Waals surface area contributed by atoms with Crippen LogP contribution in [0.15, 0.2) is 24.4 Å². The van der Waals surface area contributed by atoms with Crippen LogP contribution in [-0.4, -0.2) is 21.8 Å². The molecule has 0 atom stereocenters. The van der Waals surface area contributed by atoms with Crippen molar-refractivity contribution in [1.82, 2.24) is 4.98 Å². The lowest BCUT2D eigenvalue weighted by Crippen LogP contribution is -2.26. The van der Waals surface area contributed by atoms with Crippen LogP contribution in [-0.2, 0) is 4.79 Å². The van der Waals surface area contributed by atoms with E-state index in [1.54, 1.807) is 20.0 Å². The highest BCUT2D eigenvalue weighted by Gasteiger charge is 2.31. The number of H-pyrrole nitrogens is 1. The SMILES string of the molecule is Cc1cccc2[nH]cc(C(=O)CC(C)(C)C(=O)O)c12. The Labute approximate surface area is 111 Å². The first-order valence-electron chi connectivity index (χ1n) is 6.16. The fourth-order valence-electron chi connectivity index (χ4n) is 2.16. The van der Waals surface area contributed by atoms with Crippen LogP contribution in [0.1, 0.15) is 36.2 Å². The van der Waals surface area contributed by atoms with Gasteiger partial charge in [-0.05, 0) is 32.4 Å². The topological polar surface area (TPSA) is 70.2 Å². The number of carbonyl (C=O) groups excluding carboxylic acids is 1. The maximum atomic E-state index is 12.3. The summed E-state index contributed by atoms with van der Waals surface area (Å²) in [6, 6.07) is 5.76. The Bertz CT molecular complexity index is 652. The summed E-state index contributed by atoms with van der Waals surface area (Å²) in [7, 11) is 0. The molecule has 0 radical (unpaired) electrons. The van der Waals surface area contributed by atoms with Crippen molar-refractivity contribution in [1.29, 1.82) is 0 Å². The number of aliphatic carboxylic acids is 1. The predicted molar refractivity (Wildman–Crippen MR) is 73.4 cm³/mol. The monoisotopic (exact) mass is 259 g/mol. The molecule has 1 aromatic carbocycles. The number of carboxylic acids is 1. The number of fused-ring (bicyclic) bond motifs is 1. The molecule has 100 valence electrons. The van der Waals surface area contributed by atoms with E-state index < -0.39 is 11.4 Å². The van der Waals surface area contributed by atoms with Gasteiger partial charge in [0.2, 0.25) is 0 Å². The van der Waals surface area contributed by atoms with Gasteiger partial charge in [0.05, 0.1) is 5.41 Å². The summed E-state index contributed by atoms with van der Waals surface area (Å²) >= 11 is 0. The number of aryl methyl sites for hydroxylation is 1. The fourth-order valence-corrected chi connectivity index (χ4v) is 2.16. The number of aromatic nitrogens is 1. The molecule has 0 aliphatic carbocycles. The maximum absolute atomic E-state index is 12.3. The summed E-state index contributed by atoms with van der Waals surface area (Å²) in [5, 5.41) is 9.98. The van der Waals surface area contributed by atoms with E-state index in [0.717, 1.165) is 16.5 Å². The van der Waals surface area contributed by atoms with Crippen molar-refractivity contribution in [2.75, 3.05) is 0 Å². The predicted octanol–water partition coefficient (Wildman–Crippen LogP) is 3.16. The highest BCUT2D eigenvalue weighted by atomic mass is 16.4. The van der Waals surface area contributed by atoms with Gasteiger partial charge in [0, 0.05) is 29.1 Å². The normalized spacial score (nSPS) is 11.7. The molecule has 0 bridgehead atoms. The van der Waals surface area contributed by atoms with Crippen LogP contribution >= 0.6 is 0 Å². The minimum Gasteiger partial charge on any atom is -0.481 e. The molecular weight excluding hydrogens is 242 g/mol. The Hall–Kier alpha value is -2.10. The van der Waals surface area contributed by atoms with Crippen LogP contribution < -0.4 is 0 Å². The highest BCUT2D eigenvalue weighted by Crippen LogP contribution is 2.28. The van der Waals surface area contributed by atoms with Gasteiger partial charge in [-0.15, -0.1) is 0 Å². The average Bonchev–Trinajstić information content (AvgIpc) is 2.73.